The van der Waals surface area contributed by atoms with Gasteiger partial charge in [0.15, 0.2) is 0 Å². The molecule has 2 amide bonds. The number of hydrogen-bond acceptors (Lipinski definition) is 5. The number of carbonyl (C=O) groups excluding carboxylic acids is 2. The smallest absolute Gasteiger partial charge is 0.244 e. The number of carbonyl (C=O) groups is 2. The van der Waals surface area contributed by atoms with Crippen LogP contribution in [-0.2, 0) is 26.2 Å². The third-order valence-electron chi connectivity index (χ3n) is 4.97. The molecule has 0 aliphatic heterocycles. The van der Waals surface area contributed by atoms with Crippen LogP contribution in [0.15, 0.2) is 53.0 Å². The molecule has 0 spiro atoms. The Labute approximate surface area is 210 Å². The molecule has 1 unspecified atom stereocenters. The number of nitrogens with zero attached hydrogens (tertiary/aromatic N) is 2. The van der Waals surface area contributed by atoms with Gasteiger partial charge < -0.3 is 15.0 Å². The molecule has 0 saturated heterocycles. The topological polar surface area (TPSA) is 96.0 Å². The number of sulfonamides is 1. The number of ether oxygens (including phenoxy) is 1. The summed E-state index contributed by atoms with van der Waals surface area (Å²) in [5, 5.41) is 2.89. The van der Waals surface area contributed by atoms with Gasteiger partial charge in [0.2, 0.25) is 21.8 Å². The molecule has 0 aliphatic rings. The van der Waals surface area contributed by atoms with Gasteiger partial charge in [0.05, 0.1) is 19.1 Å². The lowest BCUT2D eigenvalue weighted by Crippen LogP contribution is -2.54. The first-order valence-electron chi connectivity index (χ1n) is 10.7. The van der Waals surface area contributed by atoms with E-state index in [1.54, 1.807) is 62.6 Å². The summed E-state index contributed by atoms with van der Waals surface area (Å²) < 4.78 is 32.1. The number of amides is 2. The lowest BCUT2D eigenvalue weighted by Gasteiger charge is -2.33. The van der Waals surface area contributed by atoms with Gasteiger partial charge in [-0.1, -0.05) is 28.1 Å². The largest absolute Gasteiger partial charge is 0.497 e. The number of benzene rings is 2. The molecule has 0 aromatic heterocycles. The number of hydrogen-bond donors (Lipinski definition) is 1. The van der Waals surface area contributed by atoms with Crippen LogP contribution in [0.1, 0.15) is 33.3 Å². The van der Waals surface area contributed by atoms with Gasteiger partial charge in [-0.25, -0.2) is 8.42 Å². The Morgan fingerprint density at radius 3 is 2.09 bits per heavy atom. The van der Waals surface area contributed by atoms with Crippen molar-refractivity contribution in [3.05, 3.63) is 58.6 Å². The van der Waals surface area contributed by atoms with E-state index in [0.717, 1.165) is 20.6 Å². The molecule has 1 atom stereocenters. The van der Waals surface area contributed by atoms with E-state index in [9.17, 15) is 18.0 Å². The summed E-state index contributed by atoms with van der Waals surface area (Å²) in [7, 11) is -2.20. The molecule has 0 radical (unpaired) electrons. The van der Waals surface area contributed by atoms with Crippen molar-refractivity contribution >= 4 is 43.5 Å². The summed E-state index contributed by atoms with van der Waals surface area (Å²) in [4.78, 5) is 27.8. The van der Waals surface area contributed by atoms with E-state index in [2.05, 4.69) is 21.2 Å². The summed E-state index contributed by atoms with van der Waals surface area (Å²) in [5.41, 5.74) is 0.644. The quantitative estimate of drug-likeness (QED) is 0.512. The van der Waals surface area contributed by atoms with Crippen molar-refractivity contribution in [3.8, 4) is 5.75 Å². The Bertz CT molecular complexity index is 1100. The van der Waals surface area contributed by atoms with Crippen LogP contribution >= 0.6 is 15.9 Å². The summed E-state index contributed by atoms with van der Waals surface area (Å²) >= 11 is 3.33. The standard InChI is InChI=1S/C24H32BrN3O5S/c1-17(23(30)26-24(2,3)4)27(15-18-7-13-21(33-5)14-8-18)22(29)16-28(34(6,31)32)20-11-9-19(25)10-12-20/h7-14,17H,15-16H2,1-6H3,(H,26,30). The van der Waals surface area contributed by atoms with Gasteiger partial charge in [-0.05, 0) is 69.7 Å². The van der Waals surface area contributed by atoms with Crippen LogP contribution in [0.4, 0.5) is 5.69 Å². The maximum Gasteiger partial charge on any atom is 0.244 e. The van der Waals surface area contributed by atoms with Crippen LogP contribution in [0, 0.1) is 0 Å². The molecule has 0 aliphatic carbocycles. The zero-order valence-corrected chi connectivity index (χ0v) is 22.7. The lowest BCUT2D eigenvalue weighted by atomic mass is 10.1. The maximum absolute atomic E-state index is 13.5. The van der Waals surface area contributed by atoms with E-state index in [0.29, 0.717) is 11.4 Å². The van der Waals surface area contributed by atoms with Crippen LogP contribution in [0.5, 0.6) is 5.75 Å². The van der Waals surface area contributed by atoms with Gasteiger partial charge in [0, 0.05) is 16.6 Å². The summed E-state index contributed by atoms with van der Waals surface area (Å²) in [6.45, 7) is 6.88. The van der Waals surface area contributed by atoms with Crippen LogP contribution < -0.4 is 14.4 Å². The minimum atomic E-state index is -3.76. The summed E-state index contributed by atoms with van der Waals surface area (Å²) in [6.07, 6.45) is 1.05. The van der Waals surface area contributed by atoms with E-state index < -0.39 is 34.1 Å². The fourth-order valence-corrected chi connectivity index (χ4v) is 4.32. The molecule has 2 aromatic carbocycles. The Hall–Kier alpha value is -2.59. The molecular weight excluding hydrogens is 522 g/mol. The number of methoxy groups -OCH3 is 1. The highest BCUT2D eigenvalue weighted by atomic mass is 79.9. The first kappa shape index (κ1) is 27.7. The Balaban J connectivity index is 2.38. The third-order valence-corrected chi connectivity index (χ3v) is 6.64. The predicted molar refractivity (Wildman–Crippen MR) is 137 cm³/mol. The molecule has 0 bridgehead atoms. The second-order valence-corrected chi connectivity index (χ2v) is 11.9. The van der Waals surface area contributed by atoms with Gasteiger partial charge in [-0.15, -0.1) is 0 Å². The Morgan fingerprint density at radius 1 is 1.06 bits per heavy atom. The third kappa shape index (κ3) is 8.02. The van der Waals surface area contributed by atoms with Gasteiger partial charge in [-0.2, -0.15) is 0 Å². The number of anilines is 1. The normalized spacial score (nSPS) is 12.6. The van der Waals surface area contributed by atoms with Crippen molar-refractivity contribution in [1.82, 2.24) is 10.2 Å². The molecule has 2 rings (SSSR count). The molecule has 0 saturated carbocycles. The molecule has 10 heteroatoms. The van der Waals surface area contributed by atoms with Gasteiger partial charge >= 0.3 is 0 Å². The van der Waals surface area contributed by atoms with E-state index >= 15 is 0 Å². The molecule has 186 valence electrons. The highest BCUT2D eigenvalue weighted by molar-refractivity contribution is 9.10. The first-order chi connectivity index (χ1) is 15.7. The van der Waals surface area contributed by atoms with Gasteiger partial charge in [0.1, 0.15) is 18.3 Å². The molecule has 0 fully saturated rings. The molecular formula is C24H32BrN3O5S. The summed E-state index contributed by atoms with van der Waals surface area (Å²) in [5.74, 6) is -0.164. The van der Waals surface area contributed by atoms with Crippen molar-refractivity contribution in [3.63, 3.8) is 0 Å². The highest BCUT2D eigenvalue weighted by Crippen LogP contribution is 2.22. The zero-order valence-electron chi connectivity index (χ0n) is 20.3. The van der Waals surface area contributed by atoms with Gasteiger partial charge in [-0.3, -0.25) is 13.9 Å². The van der Waals surface area contributed by atoms with Crippen LogP contribution in [0.25, 0.3) is 0 Å². The monoisotopic (exact) mass is 553 g/mol. The average molecular weight is 555 g/mol. The fourth-order valence-electron chi connectivity index (χ4n) is 3.21. The molecule has 2 aromatic rings. The average Bonchev–Trinajstić information content (AvgIpc) is 2.74. The molecule has 34 heavy (non-hydrogen) atoms. The van der Waals surface area contributed by atoms with Crippen LogP contribution in [-0.4, -0.2) is 56.6 Å². The van der Waals surface area contributed by atoms with E-state index in [-0.39, 0.29) is 12.5 Å². The first-order valence-corrected chi connectivity index (χ1v) is 13.3. The minimum absolute atomic E-state index is 0.125. The van der Waals surface area contributed by atoms with Crippen molar-refractivity contribution in [2.24, 2.45) is 0 Å². The van der Waals surface area contributed by atoms with E-state index in [1.165, 1.54) is 4.90 Å². The minimum Gasteiger partial charge on any atom is -0.497 e. The van der Waals surface area contributed by atoms with Gasteiger partial charge in [0.25, 0.3) is 0 Å². The second-order valence-electron chi connectivity index (χ2n) is 9.03. The van der Waals surface area contributed by atoms with Crippen molar-refractivity contribution in [2.45, 2.75) is 45.8 Å². The van der Waals surface area contributed by atoms with E-state index in [4.69, 9.17) is 4.74 Å². The number of rotatable bonds is 9. The fraction of sp³-hybridized carbons (Fsp3) is 0.417. The summed E-state index contributed by atoms with van der Waals surface area (Å²) in [6, 6.07) is 12.9. The predicted octanol–water partition coefficient (Wildman–Crippen LogP) is 3.56. The Morgan fingerprint density at radius 2 is 1.62 bits per heavy atom. The molecule has 8 nitrogen and oxygen atoms in total. The van der Waals surface area contributed by atoms with Crippen molar-refractivity contribution in [1.29, 1.82) is 0 Å². The maximum atomic E-state index is 13.5. The second kappa shape index (κ2) is 11.2. The zero-order chi connectivity index (χ0) is 25.7. The van der Waals surface area contributed by atoms with Crippen molar-refractivity contribution in [2.75, 3.05) is 24.2 Å². The SMILES string of the molecule is COc1ccc(CN(C(=O)CN(c2ccc(Br)cc2)S(C)(=O)=O)C(C)C(=O)NC(C)(C)C)cc1. The molecule has 1 N–H and O–H groups in total. The van der Waals surface area contributed by atoms with Crippen LogP contribution in [0.2, 0.25) is 0 Å². The number of halogens is 1. The van der Waals surface area contributed by atoms with E-state index in [1.807, 2.05) is 20.8 Å². The van der Waals surface area contributed by atoms with Crippen molar-refractivity contribution < 1.29 is 22.7 Å². The van der Waals surface area contributed by atoms with Crippen LogP contribution in [0.3, 0.4) is 0 Å². The number of nitrogens with one attached hydrogen (secondary N) is 1. The lowest BCUT2D eigenvalue weighted by molar-refractivity contribution is -0.140. The highest BCUT2D eigenvalue weighted by Gasteiger charge is 2.31. The molecule has 0 heterocycles. The Kier molecular flexibility index (Phi) is 9.13.